The topological polar surface area (TPSA) is 24.5 Å². The monoisotopic (exact) mass is 214 g/mol. The summed E-state index contributed by atoms with van der Waals surface area (Å²) in [6.45, 7) is 15.1. The minimum Gasteiger partial charge on any atom is -0.383 e. The zero-order valence-corrected chi connectivity index (χ0v) is 10.7. The summed E-state index contributed by atoms with van der Waals surface area (Å²) in [7, 11) is 1.72. The van der Waals surface area contributed by atoms with Crippen LogP contribution in [0.3, 0.4) is 0 Å². The van der Waals surface area contributed by atoms with Crippen molar-refractivity contribution in [3.8, 4) is 0 Å². The Kier molecular flexibility index (Phi) is 7.65. The van der Waals surface area contributed by atoms with Gasteiger partial charge in [0.1, 0.15) is 0 Å². The molecule has 15 heavy (non-hydrogen) atoms. The van der Waals surface area contributed by atoms with Crippen LogP contribution in [0.5, 0.6) is 0 Å². The van der Waals surface area contributed by atoms with Gasteiger partial charge in [0.2, 0.25) is 0 Å². The standard InChI is InChI=1S/C12H26N2O/c1-6-9-14(12(2,3)4)10-7-13-8-11-15-5/h6,13H,1,7-11H2,2-5H3. The molecule has 0 aromatic heterocycles. The third kappa shape index (κ3) is 7.54. The Morgan fingerprint density at radius 2 is 2.00 bits per heavy atom. The van der Waals surface area contributed by atoms with Crippen LogP contribution >= 0.6 is 0 Å². The molecule has 0 heterocycles. The molecule has 0 spiro atoms. The molecule has 0 amide bonds. The van der Waals surface area contributed by atoms with E-state index >= 15 is 0 Å². The Bertz CT molecular complexity index is 163. The number of rotatable bonds is 8. The van der Waals surface area contributed by atoms with Gasteiger partial charge in [-0.05, 0) is 20.8 Å². The molecule has 0 aliphatic carbocycles. The molecular formula is C12H26N2O. The van der Waals surface area contributed by atoms with Crippen molar-refractivity contribution < 1.29 is 4.74 Å². The van der Waals surface area contributed by atoms with E-state index in [1.807, 2.05) is 6.08 Å². The number of ether oxygens (including phenoxy) is 1. The van der Waals surface area contributed by atoms with Crippen LogP contribution < -0.4 is 5.32 Å². The van der Waals surface area contributed by atoms with Crippen LogP contribution in [-0.4, -0.2) is 50.3 Å². The summed E-state index contributed by atoms with van der Waals surface area (Å²) >= 11 is 0. The van der Waals surface area contributed by atoms with Gasteiger partial charge in [0.15, 0.2) is 0 Å². The lowest BCUT2D eigenvalue weighted by Gasteiger charge is -2.34. The van der Waals surface area contributed by atoms with Crippen molar-refractivity contribution in [3.63, 3.8) is 0 Å². The smallest absolute Gasteiger partial charge is 0.0587 e. The number of nitrogens with one attached hydrogen (secondary N) is 1. The van der Waals surface area contributed by atoms with Crippen molar-refractivity contribution in [2.75, 3.05) is 39.9 Å². The lowest BCUT2D eigenvalue weighted by atomic mass is 10.1. The SMILES string of the molecule is C=CCN(CCNCCOC)C(C)(C)C. The molecule has 0 rings (SSSR count). The Hall–Kier alpha value is -0.380. The molecule has 0 atom stereocenters. The van der Waals surface area contributed by atoms with Crippen molar-refractivity contribution in [2.24, 2.45) is 0 Å². The predicted molar refractivity (Wildman–Crippen MR) is 66.3 cm³/mol. The lowest BCUT2D eigenvalue weighted by molar-refractivity contribution is 0.151. The zero-order valence-electron chi connectivity index (χ0n) is 10.7. The zero-order chi connectivity index (χ0) is 11.7. The Morgan fingerprint density at radius 1 is 1.33 bits per heavy atom. The van der Waals surface area contributed by atoms with E-state index in [2.05, 4.69) is 37.6 Å². The van der Waals surface area contributed by atoms with Gasteiger partial charge < -0.3 is 10.1 Å². The van der Waals surface area contributed by atoms with E-state index in [1.54, 1.807) is 7.11 Å². The number of nitrogens with zero attached hydrogens (tertiary/aromatic N) is 1. The van der Waals surface area contributed by atoms with Gasteiger partial charge in [-0.1, -0.05) is 6.08 Å². The van der Waals surface area contributed by atoms with E-state index in [-0.39, 0.29) is 5.54 Å². The summed E-state index contributed by atoms with van der Waals surface area (Å²) in [5.74, 6) is 0. The maximum atomic E-state index is 4.97. The maximum absolute atomic E-state index is 4.97. The van der Waals surface area contributed by atoms with Crippen LogP contribution in [0, 0.1) is 0 Å². The summed E-state index contributed by atoms with van der Waals surface area (Å²) in [4.78, 5) is 2.40. The van der Waals surface area contributed by atoms with Crippen LogP contribution in [0.2, 0.25) is 0 Å². The Morgan fingerprint density at radius 3 is 2.47 bits per heavy atom. The first kappa shape index (κ1) is 14.6. The molecule has 0 bridgehead atoms. The summed E-state index contributed by atoms with van der Waals surface area (Å²) in [6.07, 6.45) is 1.96. The van der Waals surface area contributed by atoms with Crippen LogP contribution in [0.4, 0.5) is 0 Å². The quantitative estimate of drug-likeness (QED) is 0.489. The molecule has 0 aliphatic heterocycles. The van der Waals surface area contributed by atoms with Gasteiger partial charge in [0, 0.05) is 38.8 Å². The third-order valence-corrected chi connectivity index (χ3v) is 2.34. The Balaban J connectivity index is 3.72. The third-order valence-electron chi connectivity index (χ3n) is 2.34. The number of hydrogen-bond acceptors (Lipinski definition) is 3. The maximum Gasteiger partial charge on any atom is 0.0587 e. The fraction of sp³-hybridized carbons (Fsp3) is 0.833. The molecule has 3 heteroatoms. The van der Waals surface area contributed by atoms with Gasteiger partial charge in [-0.15, -0.1) is 6.58 Å². The van der Waals surface area contributed by atoms with Gasteiger partial charge in [-0.25, -0.2) is 0 Å². The van der Waals surface area contributed by atoms with E-state index in [0.29, 0.717) is 0 Å². The predicted octanol–water partition coefficient (Wildman–Crippen LogP) is 1.51. The average molecular weight is 214 g/mol. The molecular weight excluding hydrogens is 188 g/mol. The highest BCUT2D eigenvalue weighted by atomic mass is 16.5. The normalized spacial score (nSPS) is 12.1. The van der Waals surface area contributed by atoms with Crippen LogP contribution in [-0.2, 0) is 4.74 Å². The minimum absolute atomic E-state index is 0.205. The van der Waals surface area contributed by atoms with E-state index in [1.165, 1.54) is 0 Å². The Labute approximate surface area is 94.5 Å². The first-order chi connectivity index (χ1) is 7.02. The molecule has 0 fully saturated rings. The average Bonchev–Trinajstić information content (AvgIpc) is 2.14. The van der Waals surface area contributed by atoms with Gasteiger partial charge in [-0.3, -0.25) is 4.90 Å². The minimum atomic E-state index is 0.205. The van der Waals surface area contributed by atoms with Crippen molar-refractivity contribution >= 4 is 0 Å². The highest BCUT2D eigenvalue weighted by Crippen LogP contribution is 2.11. The van der Waals surface area contributed by atoms with Crippen LogP contribution in [0.25, 0.3) is 0 Å². The summed E-state index contributed by atoms with van der Waals surface area (Å²) in [6, 6.07) is 0. The first-order valence-electron chi connectivity index (χ1n) is 5.58. The largest absolute Gasteiger partial charge is 0.383 e. The molecule has 0 aromatic carbocycles. The molecule has 0 aliphatic rings. The molecule has 3 nitrogen and oxygen atoms in total. The van der Waals surface area contributed by atoms with Crippen molar-refractivity contribution in [1.82, 2.24) is 10.2 Å². The fourth-order valence-corrected chi connectivity index (χ4v) is 1.37. The molecule has 1 N–H and O–H groups in total. The van der Waals surface area contributed by atoms with Gasteiger partial charge >= 0.3 is 0 Å². The molecule has 0 radical (unpaired) electrons. The van der Waals surface area contributed by atoms with E-state index in [9.17, 15) is 0 Å². The summed E-state index contributed by atoms with van der Waals surface area (Å²) in [5, 5.41) is 3.35. The van der Waals surface area contributed by atoms with Gasteiger partial charge in [0.25, 0.3) is 0 Å². The summed E-state index contributed by atoms with van der Waals surface area (Å²) < 4.78 is 4.97. The first-order valence-corrected chi connectivity index (χ1v) is 5.58. The molecule has 0 saturated carbocycles. The second kappa shape index (κ2) is 7.85. The van der Waals surface area contributed by atoms with E-state index < -0.39 is 0 Å². The second-order valence-electron chi connectivity index (χ2n) is 4.65. The van der Waals surface area contributed by atoms with Crippen LogP contribution in [0.15, 0.2) is 12.7 Å². The molecule has 0 unspecified atom stereocenters. The van der Waals surface area contributed by atoms with Gasteiger partial charge in [0.05, 0.1) is 6.61 Å². The fourth-order valence-electron chi connectivity index (χ4n) is 1.37. The molecule has 0 aromatic rings. The number of methoxy groups -OCH3 is 1. The number of hydrogen-bond donors (Lipinski definition) is 1. The van der Waals surface area contributed by atoms with Crippen molar-refractivity contribution in [3.05, 3.63) is 12.7 Å². The second-order valence-corrected chi connectivity index (χ2v) is 4.65. The van der Waals surface area contributed by atoms with E-state index in [4.69, 9.17) is 4.74 Å². The van der Waals surface area contributed by atoms with Gasteiger partial charge in [-0.2, -0.15) is 0 Å². The summed E-state index contributed by atoms with van der Waals surface area (Å²) in [5.41, 5.74) is 0.205. The lowest BCUT2D eigenvalue weighted by Crippen LogP contribution is -2.45. The van der Waals surface area contributed by atoms with E-state index in [0.717, 1.165) is 32.8 Å². The van der Waals surface area contributed by atoms with Crippen molar-refractivity contribution in [1.29, 1.82) is 0 Å². The van der Waals surface area contributed by atoms with Crippen molar-refractivity contribution in [2.45, 2.75) is 26.3 Å². The molecule has 90 valence electrons. The highest BCUT2D eigenvalue weighted by molar-refractivity contribution is 4.83. The highest BCUT2D eigenvalue weighted by Gasteiger charge is 2.18. The molecule has 0 saturated heterocycles. The van der Waals surface area contributed by atoms with Crippen LogP contribution in [0.1, 0.15) is 20.8 Å².